The second-order valence-electron chi connectivity index (χ2n) is 6.92. The number of pyridine rings is 1. The van der Waals surface area contributed by atoms with Crippen LogP contribution in [0.5, 0.6) is 11.5 Å². The van der Waals surface area contributed by atoms with Crippen LogP contribution in [0.25, 0.3) is 5.76 Å². The summed E-state index contributed by atoms with van der Waals surface area (Å²) in [6.07, 6.45) is 4.02. The summed E-state index contributed by atoms with van der Waals surface area (Å²) >= 11 is 0. The maximum Gasteiger partial charge on any atom is 1.00 e. The molecular weight excluding hydrogens is 485 g/mol. The van der Waals surface area contributed by atoms with Crippen LogP contribution >= 0.6 is 17.0 Å². The minimum Gasteiger partial charge on any atom is -0.872 e. The molecule has 3 aromatic rings. The summed E-state index contributed by atoms with van der Waals surface area (Å²) in [6, 6.07) is 17.0. The molecule has 2 aromatic carbocycles. The van der Waals surface area contributed by atoms with Gasteiger partial charge in [0.05, 0.1) is 14.2 Å². The van der Waals surface area contributed by atoms with Crippen LogP contribution in [0.4, 0.5) is 0 Å². The van der Waals surface area contributed by atoms with Crippen LogP contribution in [-0.4, -0.2) is 20.0 Å². The molecule has 7 heteroatoms. The number of hydrogen-bond donors (Lipinski definition) is 0. The number of fused-ring (bicyclic) bond motifs is 1. The van der Waals surface area contributed by atoms with Crippen LogP contribution < -0.4 is 70.5 Å². The zero-order chi connectivity index (χ0) is 20.4. The fraction of sp³-hybridized carbons (Fsp3) is 0.167. The first kappa shape index (κ1) is 25.8. The molecule has 1 heterocycles. The average molecular weight is 507 g/mol. The quantitative estimate of drug-likeness (QED) is 0.213. The Kier molecular flexibility index (Phi) is 9.48. The van der Waals surface area contributed by atoms with Gasteiger partial charge in [0.15, 0.2) is 36.2 Å². The van der Waals surface area contributed by atoms with Crippen molar-refractivity contribution in [3.05, 3.63) is 94.8 Å². The number of ether oxygens (including phenoxy) is 2. The summed E-state index contributed by atoms with van der Waals surface area (Å²) in [5, 5.41) is 13.0. The molecule has 0 saturated carbocycles. The van der Waals surface area contributed by atoms with Gasteiger partial charge in [-0.1, -0.05) is 36.1 Å². The van der Waals surface area contributed by atoms with Crippen LogP contribution in [0.2, 0.25) is 0 Å². The van der Waals surface area contributed by atoms with Crippen molar-refractivity contribution in [2.45, 2.75) is 13.0 Å². The third-order valence-electron chi connectivity index (χ3n) is 5.13. The van der Waals surface area contributed by atoms with E-state index in [-0.39, 0.29) is 85.5 Å². The number of carbonyl (C=O) groups is 1. The second-order valence-corrected chi connectivity index (χ2v) is 6.92. The largest absolute Gasteiger partial charge is 1.00 e. The topological polar surface area (TPSA) is 62.5 Å². The Balaban J connectivity index is 0.00000171. The van der Waals surface area contributed by atoms with Crippen LogP contribution in [0.3, 0.4) is 0 Å². The van der Waals surface area contributed by atoms with Gasteiger partial charge >= 0.3 is 51.4 Å². The van der Waals surface area contributed by atoms with Gasteiger partial charge in [0.1, 0.15) is 0 Å². The van der Waals surface area contributed by atoms with Crippen molar-refractivity contribution in [2.75, 3.05) is 14.2 Å². The van der Waals surface area contributed by atoms with Crippen molar-refractivity contribution in [1.82, 2.24) is 0 Å². The summed E-state index contributed by atoms with van der Waals surface area (Å²) in [5.74, 6) is 0.548. The molecule has 0 saturated heterocycles. The summed E-state index contributed by atoms with van der Waals surface area (Å²) in [7, 11) is 3.07. The summed E-state index contributed by atoms with van der Waals surface area (Å²) in [4.78, 5) is 12.8. The van der Waals surface area contributed by atoms with E-state index in [0.717, 1.165) is 12.1 Å². The van der Waals surface area contributed by atoms with E-state index in [2.05, 4.69) is 12.1 Å². The maximum atomic E-state index is 13.0. The Hall–Kier alpha value is -1.48. The van der Waals surface area contributed by atoms with Gasteiger partial charge in [-0.25, -0.2) is 4.57 Å². The van der Waals surface area contributed by atoms with E-state index >= 15 is 0 Å². The monoisotopic (exact) mass is 506 g/mol. The molecule has 0 radical (unpaired) electrons. The third-order valence-corrected chi connectivity index (χ3v) is 5.13. The van der Waals surface area contributed by atoms with Gasteiger partial charge in [-0.05, 0) is 28.8 Å². The van der Waals surface area contributed by atoms with E-state index < -0.39 is 0 Å². The zero-order valence-electron chi connectivity index (χ0n) is 17.8. The molecule has 154 valence electrons. The van der Waals surface area contributed by atoms with E-state index in [1.807, 2.05) is 35.2 Å². The number of Topliss-reactive ketones (excluding diaryl/α,β-unsaturated/α-hetero) is 1. The van der Waals surface area contributed by atoms with Crippen LogP contribution in [0.15, 0.2) is 72.6 Å². The smallest absolute Gasteiger partial charge is 0.872 e. The van der Waals surface area contributed by atoms with Gasteiger partial charge in [-0.15, -0.1) is 17.0 Å². The molecule has 0 amide bonds. The van der Waals surface area contributed by atoms with Crippen LogP contribution in [0.1, 0.15) is 27.0 Å². The summed E-state index contributed by atoms with van der Waals surface area (Å²) in [6.45, 7) is 0.718. The minimum atomic E-state index is -0.244. The molecule has 31 heavy (non-hydrogen) atoms. The molecule has 0 bridgehead atoms. The molecule has 0 fully saturated rings. The first-order chi connectivity index (χ1) is 14.1. The fourth-order valence-electron chi connectivity index (χ4n) is 3.58. The fourth-order valence-corrected chi connectivity index (χ4v) is 3.58. The number of nitrogens with zero attached hydrogens (tertiary/aromatic N) is 1. The van der Waals surface area contributed by atoms with Gasteiger partial charge in [0.2, 0.25) is 0 Å². The first-order valence-corrected chi connectivity index (χ1v) is 9.34. The van der Waals surface area contributed by atoms with Crippen molar-refractivity contribution < 1.29 is 75.3 Å². The average Bonchev–Trinajstić information content (AvgIpc) is 3.09. The molecule has 0 atom stereocenters. The first-order valence-electron chi connectivity index (χ1n) is 9.34. The number of aromatic nitrogens is 1. The van der Waals surface area contributed by atoms with E-state index in [1.165, 1.54) is 12.7 Å². The van der Waals surface area contributed by atoms with Gasteiger partial charge in [-0.2, -0.15) is 0 Å². The molecular formula is C24H22BrKNO4+. The molecule has 1 aromatic heterocycles. The molecule has 0 spiro atoms. The Labute approximate surface area is 234 Å². The van der Waals surface area contributed by atoms with E-state index in [4.69, 9.17) is 9.47 Å². The molecule has 1 aliphatic carbocycles. The number of allylic oxidation sites excluding steroid dienone is 1. The molecule has 0 N–H and O–H groups in total. The summed E-state index contributed by atoms with van der Waals surface area (Å²) in [5.41, 5.74) is 3.24. The van der Waals surface area contributed by atoms with Gasteiger partial charge in [-0.3, -0.25) is 4.79 Å². The Morgan fingerprint density at radius 3 is 2.23 bits per heavy atom. The number of ketones is 1. The number of hydrogen-bond acceptors (Lipinski definition) is 4. The predicted octanol–water partition coefficient (Wildman–Crippen LogP) is 0.132. The van der Waals surface area contributed by atoms with E-state index in [1.54, 1.807) is 31.4 Å². The SMILES string of the molecule is Br.COc1cc2c(cc1OC)C(=O)/C(=C(\[O-])c1cc[n+](Cc3ccccc3)cc1)C2.[K+]. The van der Waals surface area contributed by atoms with Gasteiger partial charge in [0, 0.05) is 29.7 Å². The number of methoxy groups -OCH3 is 2. The zero-order valence-corrected chi connectivity index (χ0v) is 22.6. The molecule has 5 nitrogen and oxygen atoms in total. The van der Waals surface area contributed by atoms with E-state index in [9.17, 15) is 9.90 Å². The molecule has 4 rings (SSSR count). The molecule has 1 aliphatic rings. The van der Waals surface area contributed by atoms with E-state index in [0.29, 0.717) is 29.0 Å². The van der Waals surface area contributed by atoms with Gasteiger partial charge < -0.3 is 14.6 Å². The Morgan fingerprint density at radius 1 is 1.00 bits per heavy atom. The molecule has 0 aliphatic heterocycles. The standard InChI is InChI=1S/C24H21NO4.BrH.K/c1-28-21-13-18-12-20(24(27)19(18)14-22(21)29-2)23(26)17-8-10-25(11-9-17)15-16-6-4-3-5-7-16;;/h3-11,13-14H,12,15H2,1-2H3;1H;/q;;+1. The maximum absolute atomic E-state index is 13.0. The van der Waals surface area contributed by atoms with Crippen molar-refractivity contribution in [1.29, 1.82) is 0 Å². The normalized spacial score (nSPS) is 13.5. The van der Waals surface area contributed by atoms with Crippen molar-refractivity contribution >= 4 is 28.5 Å². The third kappa shape index (κ3) is 5.47. The predicted molar refractivity (Wildman–Crippen MR) is 117 cm³/mol. The summed E-state index contributed by atoms with van der Waals surface area (Å²) < 4.78 is 12.6. The van der Waals surface area contributed by atoms with Crippen LogP contribution in [0, 0.1) is 0 Å². The minimum absolute atomic E-state index is 0. The molecule has 0 unspecified atom stereocenters. The second kappa shape index (κ2) is 11.4. The Morgan fingerprint density at radius 2 is 1.61 bits per heavy atom. The van der Waals surface area contributed by atoms with Crippen molar-refractivity contribution in [3.8, 4) is 11.5 Å². The van der Waals surface area contributed by atoms with Crippen LogP contribution in [-0.2, 0) is 13.0 Å². The van der Waals surface area contributed by atoms with Crippen molar-refractivity contribution in [3.63, 3.8) is 0 Å². The number of rotatable bonds is 5. The Bertz CT molecular complexity index is 1100. The van der Waals surface area contributed by atoms with Crippen molar-refractivity contribution in [2.24, 2.45) is 0 Å². The number of carbonyl (C=O) groups excluding carboxylic acids is 1. The number of halogens is 1. The number of benzene rings is 2. The van der Waals surface area contributed by atoms with Gasteiger partial charge in [0.25, 0.3) is 0 Å².